The lowest BCUT2D eigenvalue weighted by Crippen LogP contribution is -2.70. The highest BCUT2D eigenvalue weighted by Gasteiger charge is 2.54. The van der Waals surface area contributed by atoms with Crippen molar-refractivity contribution in [1.29, 1.82) is 0 Å². The molecule has 1 aromatic carbocycles. The number of nitrogens with zero attached hydrogens (tertiary/aromatic N) is 3. The van der Waals surface area contributed by atoms with Gasteiger partial charge in [0.05, 0.1) is 6.42 Å². The third kappa shape index (κ3) is 3.47. The molecule has 10 heteroatoms. The number of thiol groups is 1. The monoisotopic (exact) mass is 432 g/mol. The molecule has 0 spiro atoms. The Kier molecular flexibility index (Phi) is 5.26. The molecule has 2 amide bonds. The number of thioether (sulfide) groups is 1. The van der Waals surface area contributed by atoms with E-state index in [0.29, 0.717) is 16.3 Å². The van der Waals surface area contributed by atoms with E-state index in [1.807, 2.05) is 37.3 Å². The van der Waals surface area contributed by atoms with Crippen LogP contribution in [-0.4, -0.2) is 49.2 Å². The van der Waals surface area contributed by atoms with Gasteiger partial charge in [-0.3, -0.25) is 19.3 Å². The van der Waals surface area contributed by atoms with E-state index < -0.39 is 11.2 Å². The van der Waals surface area contributed by atoms with Gasteiger partial charge in [-0.15, -0.1) is 22.0 Å². The van der Waals surface area contributed by atoms with E-state index in [2.05, 4.69) is 28.1 Å². The molecule has 1 aromatic heterocycles. The van der Waals surface area contributed by atoms with Crippen LogP contribution in [0.4, 0.5) is 0 Å². The first kappa shape index (κ1) is 19.2. The molecular formula is C18H16N4O3S3. The van der Waals surface area contributed by atoms with Crippen molar-refractivity contribution in [2.75, 3.05) is 5.75 Å². The summed E-state index contributed by atoms with van der Waals surface area (Å²) in [5.41, 5.74) is 1.77. The van der Waals surface area contributed by atoms with Crippen molar-refractivity contribution >= 4 is 58.2 Å². The quantitative estimate of drug-likeness (QED) is 0.552. The van der Waals surface area contributed by atoms with Crippen molar-refractivity contribution in [1.82, 2.24) is 20.4 Å². The highest BCUT2D eigenvalue weighted by atomic mass is 32.2. The number of nitrogens with one attached hydrogen (secondary N) is 1. The van der Waals surface area contributed by atoms with Crippen LogP contribution in [0.1, 0.15) is 15.6 Å². The Bertz CT molecular complexity index is 989. The van der Waals surface area contributed by atoms with E-state index in [-0.39, 0.29) is 29.3 Å². The van der Waals surface area contributed by atoms with E-state index >= 15 is 0 Å². The van der Waals surface area contributed by atoms with E-state index in [9.17, 15) is 14.4 Å². The summed E-state index contributed by atoms with van der Waals surface area (Å²) < 4.78 is 0. The zero-order chi connectivity index (χ0) is 19.8. The largest absolute Gasteiger partial charge is 0.341 e. The number of β-lactam (4-membered cyclic amide) rings is 1. The minimum absolute atomic E-state index is 0.200. The van der Waals surface area contributed by atoms with E-state index in [4.69, 9.17) is 0 Å². The Morgan fingerprint density at radius 1 is 1.29 bits per heavy atom. The standard InChI is InChI=1S/C18H16N4O3S3/c1-9-20-21-15(28-9)11-8-27-17-13(16(24)22(17)14(11)18(25)26)19-12(23)7-10-5-3-2-4-6-10/h2-6,13,17H,7-8H2,1H3,(H,19,23)(H,25,26)/t13-,17-/m1/s1. The first-order valence-corrected chi connectivity index (χ1v) is 10.8. The first-order chi connectivity index (χ1) is 13.5. The molecule has 0 unspecified atom stereocenters. The highest BCUT2D eigenvalue weighted by Crippen LogP contribution is 2.44. The van der Waals surface area contributed by atoms with Crippen LogP contribution >= 0.6 is 35.7 Å². The average molecular weight is 433 g/mol. The molecule has 0 radical (unpaired) electrons. The predicted octanol–water partition coefficient (Wildman–Crippen LogP) is 1.66. The third-order valence-corrected chi connectivity index (χ3v) is 6.87. The summed E-state index contributed by atoms with van der Waals surface area (Å²) in [7, 11) is 0. The van der Waals surface area contributed by atoms with Crippen molar-refractivity contribution in [3.8, 4) is 0 Å². The fourth-order valence-corrected chi connectivity index (χ4v) is 5.62. The van der Waals surface area contributed by atoms with Crippen LogP contribution in [0.15, 0.2) is 36.0 Å². The molecule has 144 valence electrons. The van der Waals surface area contributed by atoms with Crippen LogP contribution in [0.2, 0.25) is 0 Å². The Morgan fingerprint density at radius 2 is 2.04 bits per heavy atom. The number of benzene rings is 1. The molecule has 28 heavy (non-hydrogen) atoms. The molecule has 1 fully saturated rings. The Morgan fingerprint density at radius 3 is 2.68 bits per heavy atom. The molecule has 0 bridgehead atoms. The molecule has 2 aliphatic heterocycles. The van der Waals surface area contributed by atoms with E-state index in [1.54, 1.807) is 0 Å². The van der Waals surface area contributed by atoms with Crippen molar-refractivity contribution in [3.05, 3.63) is 51.6 Å². The second-order valence-electron chi connectivity index (χ2n) is 6.38. The smallest absolute Gasteiger partial charge is 0.253 e. The van der Waals surface area contributed by atoms with Gasteiger partial charge in [-0.25, -0.2) is 0 Å². The molecular weight excluding hydrogens is 416 g/mol. The van der Waals surface area contributed by atoms with Gasteiger partial charge in [0.25, 0.3) is 5.91 Å². The molecule has 4 rings (SSSR count). The summed E-state index contributed by atoms with van der Waals surface area (Å²) in [6.07, 6.45) is 0.200. The lowest BCUT2D eigenvalue weighted by Gasteiger charge is -2.49. The number of fused-ring (bicyclic) bond motifs is 1. The van der Waals surface area contributed by atoms with Crippen LogP contribution in [-0.2, 0) is 20.8 Å². The summed E-state index contributed by atoms with van der Waals surface area (Å²) in [6, 6.07) is 8.68. The lowest BCUT2D eigenvalue weighted by molar-refractivity contribution is -0.146. The van der Waals surface area contributed by atoms with Crippen LogP contribution in [0, 0.1) is 6.92 Å². The van der Waals surface area contributed by atoms with Gasteiger partial charge in [-0.05, 0) is 12.5 Å². The van der Waals surface area contributed by atoms with E-state index in [0.717, 1.165) is 10.6 Å². The maximum absolute atomic E-state index is 12.7. The SMILES string of the molecule is Cc1nnc(C2=C(C(=O)S)N3C(=O)[C@@H](NC(=O)Cc4ccccc4)[C@H]3SC2)s1. The Balaban J connectivity index is 1.52. The van der Waals surface area contributed by atoms with Crippen LogP contribution in [0.3, 0.4) is 0 Å². The summed E-state index contributed by atoms with van der Waals surface area (Å²) in [4.78, 5) is 38.7. The number of rotatable bonds is 5. The minimum Gasteiger partial charge on any atom is -0.341 e. The van der Waals surface area contributed by atoms with E-state index in [1.165, 1.54) is 28.0 Å². The molecule has 2 aliphatic rings. The normalized spacial score (nSPS) is 21.2. The summed E-state index contributed by atoms with van der Waals surface area (Å²) >= 11 is 6.83. The third-order valence-electron chi connectivity index (χ3n) is 4.48. The summed E-state index contributed by atoms with van der Waals surface area (Å²) in [5, 5.41) is 11.5. The molecule has 0 aliphatic carbocycles. The molecule has 2 atom stereocenters. The van der Waals surface area contributed by atoms with Crippen molar-refractivity contribution < 1.29 is 14.4 Å². The number of hydrogen-bond acceptors (Lipinski definition) is 7. The zero-order valence-corrected chi connectivity index (χ0v) is 17.3. The fraction of sp³-hybridized carbons (Fsp3) is 0.278. The highest BCUT2D eigenvalue weighted by molar-refractivity contribution is 8.00. The first-order valence-electron chi connectivity index (χ1n) is 8.50. The van der Waals surface area contributed by atoms with Crippen LogP contribution in [0.5, 0.6) is 0 Å². The molecule has 3 heterocycles. The van der Waals surface area contributed by atoms with Gasteiger partial charge in [0.1, 0.15) is 27.1 Å². The van der Waals surface area contributed by atoms with Gasteiger partial charge >= 0.3 is 0 Å². The molecule has 7 nitrogen and oxygen atoms in total. The van der Waals surface area contributed by atoms with Gasteiger partial charge in [-0.2, -0.15) is 0 Å². The molecule has 1 N–H and O–H groups in total. The zero-order valence-electron chi connectivity index (χ0n) is 14.8. The number of aromatic nitrogens is 2. The lowest BCUT2D eigenvalue weighted by atomic mass is 10.0. The maximum atomic E-state index is 12.7. The van der Waals surface area contributed by atoms with Gasteiger partial charge in [0.2, 0.25) is 11.0 Å². The second-order valence-corrected chi connectivity index (χ2v) is 9.07. The molecule has 2 aromatic rings. The van der Waals surface area contributed by atoms with Crippen LogP contribution < -0.4 is 5.32 Å². The van der Waals surface area contributed by atoms with Crippen molar-refractivity contribution in [2.24, 2.45) is 0 Å². The minimum atomic E-state index is -0.651. The number of hydrogen-bond donors (Lipinski definition) is 2. The maximum Gasteiger partial charge on any atom is 0.253 e. The van der Waals surface area contributed by atoms with Gasteiger partial charge in [0, 0.05) is 11.3 Å². The number of carbonyl (C=O) groups excluding carboxylic acids is 3. The van der Waals surface area contributed by atoms with Gasteiger partial charge in [-0.1, -0.05) is 54.3 Å². The molecule has 0 saturated carbocycles. The second kappa shape index (κ2) is 7.69. The average Bonchev–Trinajstić information content (AvgIpc) is 3.11. The van der Waals surface area contributed by atoms with Gasteiger partial charge in [0.15, 0.2) is 0 Å². The topological polar surface area (TPSA) is 92.3 Å². The van der Waals surface area contributed by atoms with Crippen molar-refractivity contribution in [3.63, 3.8) is 0 Å². The van der Waals surface area contributed by atoms with Crippen molar-refractivity contribution in [2.45, 2.75) is 24.8 Å². The summed E-state index contributed by atoms with van der Waals surface area (Å²) in [5.74, 6) is -0.0386. The summed E-state index contributed by atoms with van der Waals surface area (Å²) in [6.45, 7) is 1.83. The van der Waals surface area contributed by atoms with Crippen LogP contribution in [0.25, 0.3) is 5.57 Å². The Hall–Kier alpha value is -2.17. The number of carbonyl (C=O) groups is 3. The number of aryl methyl sites for hydroxylation is 1. The van der Waals surface area contributed by atoms with Gasteiger partial charge < -0.3 is 5.32 Å². The molecule has 1 saturated heterocycles. The fourth-order valence-electron chi connectivity index (χ4n) is 3.21. The Labute approximate surface area is 175 Å². The predicted molar refractivity (Wildman–Crippen MR) is 111 cm³/mol. The number of amides is 2.